The van der Waals surface area contributed by atoms with Gasteiger partial charge in [-0.1, -0.05) is 42.2 Å². The van der Waals surface area contributed by atoms with Crippen LogP contribution in [0.3, 0.4) is 0 Å². The highest BCUT2D eigenvalue weighted by molar-refractivity contribution is 6.08. The third-order valence-electron chi connectivity index (χ3n) is 2.92. The fourth-order valence-corrected chi connectivity index (χ4v) is 1.81. The Balaban J connectivity index is 2.08. The van der Waals surface area contributed by atoms with Crippen LogP contribution in [-0.4, -0.2) is 19.4 Å². The molecule has 20 heavy (non-hydrogen) atoms. The summed E-state index contributed by atoms with van der Waals surface area (Å²) >= 11 is 0. The van der Waals surface area contributed by atoms with Crippen molar-refractivity contribution in [3.8, 4) is 11.8 Å². The van der Waals surface area contributed by atoms with Gasteiger partial charge in [0.2, 0.25) is 0 Å². The number of carbonyl (C=O) groups excluding carboxylic acids is 1. The summed E-state index contributed by atoms with van der Waals surface area (Å²) in [6.07, 6.45) is 0.821. The SMILES string of the molecule is CNCCC#Cc1ccc(C(=O)c2ccccc2)cc1. The minimum Gasteiger partial charge on any atom is -0.319 e. The highest BCUT2D eigenvalue weighted by Gasteiger charge is 2.07. The Hall–Kier alpha value is -2.37. The zero-order valence-electron chi connectivity index (χ0n) is 11.5. The molecule has 2 nitrogen and oxygen atoms in total. The van der Waals surface area contributed by atoms with Gasteiger partial charge in [0.25, 0.3) is 0 Å². The second kappa shape index (κ2) is 7.28. The lowest BCUT2D eigenvalue weighted by Gasteiger charge is -2.01. The van der Waals surface area contributed by atoms with Gasteiger partial charge in [0.15, 0.2) is 5.78 Å². The molecule has 0 heterocycles. The molecule has 0 aliphatic heterocycles. The van der Waals surface area contributed by atoms with Crippen molar-refractivity contribution in [3.05, 3.63) is 71.3 Å². The van der Waals surface area contributed by atoms with Gasteiger partial charge in [-0.05, 0) is 31.3 Å². The summed E-state index contributed by atoms with van der Waals surface area (Å²) in [4.78, 5) is 12.2. The minimum absolute atomic E-state index is 0.0419. The van der Waals surface area contributed by atoms with E-state index in [4.69, 9.17) is 0 Å². The number of hydrogen-bond acceptors (Lipinski definition) is 2. The summed E-state index contributed by atoms with van der Waals surface area (Å²) in [5.41, 5.74) is 2.34. The van der Waals surface area contributed by atoms with Crippen molar-refractivity contribution in [2.45, 2.75) is 6.42 Å². The van der Waals surface area contributed by atoms with E-state index in [0.29, 0.717) is 11.1 Å². The van der Waals surface area contributed by atoms with Gasteiger partial charge in [0.05, 0.1) is 0 Å². The van der Waals surface area contributed by atoms with E-state index >= 15 is 0 Å². The molecule has 2 aromatic rings. The van der Waals surface area contributed by atoms with Gasteiger partial charge in [-0.25, -0.2) is 0 Å². The molecule has 2 rings (SSSR count). The fourth-order valence-electron chi connectivity index (χ4n) is 1.81. The van der Waals surface area contributed by atoms with E-state index in [-0.39, 0.29) is 5.78 Å². The molecule has 0 fully saturated rings. The van der Waals surface area contributed by atoms with Crippen molar-refractivity contribution in [1.29, 1.82) is 0 Å². The lowest BCUT2D eigenvalue weighted by molar-refractivity contribution is 0.103. The summed E-state index contributed by atoms with van der Waals surface area (Å²) in [5, 5.41) is 3.05. The molecule has 2 aromatic carbocycles. The largest absolute Gasteiger partial charge is 0.319 e. The van der Waals surface area contributed by atoms with E-state index in [1.807, 2.05) is 61.6 Å². The highest BCUT2D eigenvalue weighted by Crippen LogP contribution is 2.10. The van der Waals surface area contributed by atoms with Crippen LogP contribution in [0.15, 0.2) is 54.6 Å². The summed E-state index contributed by atoms with van der Waals surface area (Å²) in [7, 11) is 1.91. The van der Waals surface area contributed by atoms with Crippen LogP contribution in [0.2, 0.25) is 0 Å². The van der Waals surface area contributed by atoms with E-state index in [9.17, 15) is 4.79 Å². The van der Waals surface area contributed by atoms with E-state index in [1.54, 1.807) is 0 Å². The maximum absolute atomic E-state index is 12.2. The zero-order chi connectivity index (χ0) is 14.2. The quantitative estimate of drug-likeness (QED) is 0.522. The van der Waals surface area contributed by atoms with Crippen molar-refractivity contribution in [2.24, 2.45) is 0 Å². The van der Waals surface area contributed by atoms with Gasteiger partial charge in [-0.15, -0.1) is 0 Å². The molecule has 0 bridgehead atoms. The summed E-state index contributed by atoms with van der Waals surface area (Å²) in [6, 6.07) is 16.7. The monoisotopic (exact) mass is 263 g/mol. The maximum Gasteiger partial charge on any atom is 0.193 e. The Morgan fingerprint density at radius 3 is 2.30 bits per heavy atom. The van der Waals surface area contributed by atoms with Crippen molar-refractivity contribution in [2.75, 3.05) is 13.6 Å². The van der Waals surface area contributed by atoms with Crippen LogP contribution in [0.5, 0.6) is 0 Å². The van der Waals surface area contributed by atoms with Crippen molar-refractivity contribution in [1.82, 2.24) is 5.32 Å². The number of ketones is 1. The number of rotatable bonds is 4. The first-order chi connectivity index (χ1) is 9.81. The molecular weight excluding hydrogens is 246 g/mol. The van der Waals surface area contributed by atoms with E-state index in [1.165, 1.54) is 0 Å². The predicted molar refractivity (Wildman–Crippen MR) is 81.7 cm³/mol. The molecule has 1 N–H and O–H groups in total. The van der Waals surface area contributed by atoms with Gasteiger partial charge >= 0.3 is 0 Å². The van der Waals surface area contributed by atoms with Crippen LogP contribution in [-0.2, 0) is 0 Å². The van der Waals surface area contributed by atoms with Crippen LogP contribution in [0.25, 0.3) is 0 Å². The molecule has 0 atom stereocenters. The number of carbonyl (C=O) groups is 1. The molecule has 100 valence electrons. The summed E-state index contributed by atoms with van der Waals surface area (Å²) < 4.78 is 0. The molecule has 0 aliphatic carbocycles. The first kappa shape index (κ1) is 14.0. The molecule has 0 spiro atoms. The minimum atomic E-state index is 0.0419. The van der Waals surface area contributed by atoms with Crippen LogP contribution < -0.4 is 5.32 Å². The van der Waals surface area contributed by atoms with Crippen molar-refractivity contribution >= 4 is 5.78 Å². The van der Waals surface area contributed by atoms with Crippen LogP contribution in [0, 0.1) is 11.8 Å². The number of hydrogen-bond donors (Lipinski definition) is 1. The smallest absolute Gasteiger partial charge is 0.193 e. The van der Waals surface area contributed by atoms with Gasteiger partial charge in [0.1, 0.15) is 0 Å². The van der Waals surface area contributed by atoms with Crippen LogP contribution in [0.4, 0.5) is 0 Å². The van der Waals surface area contributed by atoms with Gasteiger partial charge < -0.3 is 5.32 Å². The molecule has 0 amide bonds. The lowest BCUT2D eigenvalue weighted by Crippen LogP contribution is -2.05. The molecule has 0 aliphatic rings. The zero-order valence-corrected chi connectivity index (χ0v) is 11.5. The third kappa shape index (κ3) is 3.81. The van der Waals surface area contributed by atoms with Crippen LogP contribution in [0.1, 0.15) is 27.9 Å². The molecule has 2 heteroatoms. The van der Waals surface area contributed by atoms with E-state index < -0.39 is 0 Å². The van der Waals surface area contributed by atoms with Crippen molar-refractivity contribution < 1.29 is 4.79 Å². The Morgan fingerprint density at radius 1 is 1.00 bits per heavy atom. The normalized spacial score (nSPS) is 9.65. The Labute approximate surface area is 119 Å². The fraction of sp³-hybridized carbons (Fsp3) is 0.167. The lowest BCUT2D eigenvalue weighted by atomic mass is 10.0. The average molecular weight is 263 g/mol. The topological polar surface area (TPSA) is 29.1 Å². The molecule has 0 radical (unpaired) electrons. The van der Waals surface area contributed by atoms with E-state index in [2.05, 4.69) is 17.2 Å². The third-order valence-corrected chi connectivity index (χ3v) is 2.92. The van der Waals surface area contributed by atoms with Crippen molar-refractivity contribution in [3.63, 3.8) is 0 Å². The first-order valence-electron chi connectivity index (χ1n) is 6.64. The molecular formula is C18H17NO. The first-order valence-corrected chi connectivity index (χ1v) is 6.64. The number of benzene rings is 2. The highest BCUT2D eigenvalue weighted by atomic mass is 16.1. The summed E-state index contributed by atoms with van der Waals surface area (Å²) in [5.74, 6) is 6.21. The molecule has 0 aromatic heterocycles. The number of nitrogens with one attached hydrogen (secondary N) is 1. The van der Waals surface area contributed by atoms with Gasteiger partial charge in [-0.3, -0.25) is 4.79 Å². The second-order valence-corrected chi connectivity index (χ2v) is 4.43. The Morgan fingerprint density at radius 2 is 1.65 bits per heavy atom. The predicted octanol–water partition coefficient (Wildman–Crippen LogP) is 2.88. The maximum atomic E-state index is 12.2. The van der Waals surface area contributed by atoms with Crippen LogP contribution >= 0.6 is 0 Å². The Bertz CT molecular complexity index is 618. The molecule has 0 saturated heterocycles. The van der Waals surface area contributed by atoms with Gasteiger partial charge in [0, 0.05) is 29.7 Å². The Kier molecular flexibility index (Phi) is 5.11. The standard InChI is InChI=1S/C18H17NO/c1-19-14-6-5-7-15-10-12-17(13-11-15)18(20)16-8-3-2-4-9-16/h2-4,8-13,19H,6,14H2,1H3. The average Bonchev–Trinajstić information content (AvgIpc) is 2.52. The summed E-state index contributed by atoms with van der Waals surface area (Å²) in [6.45, 7) is 0.886. The molecule has 0 saturated carbocycles. The van der Waals surface area contributed by atoms with Gasteiger partial charge in [-0.2, -0.15) is 0 Å². The second-order valence-electron chi connectivity index (χ2n) is 4.43. The molecule has 0 unspecified atom stereocenters. The van der Waals surface area contributed by atoms with E-state index in [0.717, 1.165) is 18.5 Å².